The molecule has 2 amide bonds. The third-order valence-electron chi connectivity index (χ3n) is 7.28. The Hall–Kier alpha value is -2.65. The van der Waals surface area contributed by atoms with Gasteiger partial charge in [-0.25, -0.2) is 13.8 Å². The molecule has 0 spiro atoms. The van der Waals surface area contributed by atoms with Crippen LogP contribution in [0, 0.1) is 0 Å². The highest BCUT2D eigenvalue weighted by molar-refractivity contribution is 6.35. The Morgan fingerprint density at radius 1 is 1.11 bits per heavy atom. The van der Waals surface area contributed by atoms with E-state index in [1.807, 2.05) is 0 Å². The highest BCUT2D eigenvalue weighted by atomic mass is 35.5. The van der Waals surface area contributed by atoms with Gasteiger partial charge in [-0.15, -0.1) is 0 Å². The molecule has 5 rings (SSSR count). The van der Waals surface area contributed by atoms with Gasteiger partial charge >= 0.3 is 0 Å². The van der Waals surface area contributed by atoms with Crippen molar-refractivity contribution in [3.05, 3.63) is 52.1 Å². The van der Waals surface area contributed by atoms with Gasteiger partial charge in [-0.3, -0.25) is 9.59 Å². The van der Waals surface area contributed by atoms with Gasteiger partial charge in [0.25, 0.3) is 17.7 Å². The summed E-state index contributed by atoms with van der Waals surface area (Å²) in [6.45, 7) is 3.39. The van der Waals surface area contributed by atoms with E-state index in [9.17, 15) is 18.4 Å². The molecule has 2 unspecified atom stereocenters. The standard InChI is InChI=1S/C26H28Cl2F2N4O3/c1-25(2,37-20-7-4-15(27)9-19(20)28)24(36)32-16-10-17-5-6-18(11-16)34(17)22-8-3-14(13-31-22)23(35)33-21-12-26(21,29)30/h3-4,7-9,13,16-18,21H,5-6,10-12H2,1-2H3,(H,32,36)(H,33,35)/t16?,17-,18+,21?. The molecule has 3 fully saturated rings. The minimum absolute atomic E-state index is 0.0184. The third-order valence-corrected chi connectivity index (χ3v) is 7.81. The number of halogens is 4. The normalized spacial score (nSPS) is 25.9. The SMILES string of the molecule is CC(C)(Oc1ccc(Cl)cc1Cl)C(=O)NC1C[C@H]2CC[C@@H](C1)N2c1ccc(C(=O)NC2CC2(F)F)cn1. The molecule has 2 N–H and O–H groups in total. The van der Waals surface area contributed by atoms with Gasteiger partial charge < -0.3 is 20.3 Å². The number of nitrogens with one attached hydrogen (secondary N) is 2. The van der Waals surface area contributed by atoms with E-state index in [2.05, 4.69) is 20.5 Å². The summed E-state index contributed by atoms with van der Waals surface area (Å²) in [5.74, 6) is -2.46. The third kappa shape index (κ3) is 5.48. The first-order chi connectivity index (χ1) is 17.4. The Balaban J connectivity index is 1.18. The van der Waals surface area contributed by atoms with E-state index < -0.39 is 23.5 Å². The van der Waals surface area contributed by atoms with Crippen LogP contribution in [0.5, 0.6) is 5.75 Å². The molecule has 1 aromatic carbocycles. The van der Waals surface area contributed by atoms with Crippen LogP contribution in [0.4, 0.5) is 14.6 Å². The molecular formula is C26H28Cl2F2N4O3. The van der Waals surface area contributed by atoms with Crippen molar-refractivity contribution in [3.63, 3.8) is 0 Å². The van der Waals surface area contributed by atoms with Gasteiger partial charge in [0.15, 0.2) is 5.60 Å². The monoisotopic (exact) mass is 552 g/mol. The van der Waals surface area contributed by atoms with Crippen LogP contribution in [-0.2, 0) is 4.79 Å². The van der Waals surface area contributed by atoms with E-state index >= 15 is 0 Å². The predicted molar refractivity (Wildman–Crippen MR) is 137 cm³/mol. The first-order valence-corrected chi connectivity index (χ1v) is 13.1. The zero-order chi connectivity index (χ0) is 26.5. The van der Waals surface area contributed by atoms with Crippen molar-refractivity contribution in [2.45, 2.75) is 81.6 Å². The summed E-state index contributed by atoms with van der Waals surface area (Å²) < 4.78 is 32.1. The summed E-state index contributed by atoms with van der Waals surface area (Å²) in [6.07, 6.45) is 4.55. The van der Waals surface area contributed by atoms with Crippen LogP contribution in [0.3, 0.4) is 0 Å². The zero-order valence-corrected chi connectivity index (χ0v) is 22.0. The number of hydrogen-bond donors (Lipinski definition) is 2. The second-order valence-electron chi connectivity index (χ2n) is 10.5. The fourth-order valence-electron chi connectivity index (χ4n) is 5.19. The van der Waals surface area contributed by atoms with Crippen LogP contribution in [0.1, 0.15) is 56.3 Å². The first kappa shape index (κ1) is 26.0. The van der Waals surface area contributed by atoms with Crippen LogP contribution in [0.25, 0.3) is 0 Å². The van der Waals surface area contributed by atoms with Crippen molar-refractivity contribution < 1.29 is 23.1 Å². The molecular weight excluding hydrogens is 525 g/mol. The van der Waals surface area contributed by atoms with E-state index in [1.54, 1.807) is 44.2 Å². The maximum atomic E-state index is 13.1. The number of amides is 2. The number of hydrogen-bond acceptors (Lipinski definition) is 5. The quantitative estimate of drug-likeness (QED) is 0.505. The van der Waals surface area contributed by atoms with Crippen LogP contribution in [0.15, 0.2) is 36.5 Å². The molecule has 0 radical (unpaired) electrons. The Bertz CT molecular complexity index is 1200. The topological polar surface area (TPSA) is 83.6 Å². The van der Waals surface area contributed by atoms with E-state index in [4.69, 9.17) is 27.9 Å². The van der Waals surface area contributed by atoms with Gasteiger partial charge in [0.05, 0.1) is 16.6 Å². The molecule has 4 atom stereocenters. The Kier molecular flexibility index (Phi) is 6.73. The number of carbonyl (C=O) groups is 2. The summed E-state index contributed by atoms with van der Waals surface area (Å²) in [5, 5.41) is 6.30. The molecule has 2 aromatic rings. The number of aromatic nitrogens is 1. The van der Waals surface area contributed by atoms with Gasteiger partial charge in [-0.05, 0) is 69.9 Å². The summed E-state index contributed by atoms with van der Waals surface area (Å²) >= 11 is 12.2. The van der Waals surface area contributed by atoms with Crippen molar-refractivity contribution in [1.82, 2.24) is 15.6 Å². The molecule has 2 bridgehead atoms. The van der Waals surface area contributed by atoms with Gasteiger partial charge in [-0.1, -0.05) is 23.2 Å². The summed E-state index contributed by atoms with van der Waals surface area (Å²) in [6, 6.07) is 7.51. The minimum atomic E-state index is -2.81. The van der Waals surface area contributed by atoms with Crippen LogP contribution in [-0.4, -0.2) is 52.5 Å². The number of piperidine rings is 1. The molecule has 198 valence electrons. The van der Waals surface area contributed by atoms with Crippen molar-refractivity contribution >= 4 is 40.8 Å². The molecule has 1 saturated carbocycles. The summed E-state index contributed by atoms with van der Waals surface area (Å²) in [7, 11) is 0. The minimum Gasteiger partial charge on any atom is -0.476 e. The van der Waals surface area contributed by atoms with E-state index in [0.717, 1.165) is 31.5 Å². The summed E-state index contributed by atoms with van der Waals surface area (Å²) in [4.78, 5) is 32.0. The summed E-state index contributed by atoms with van der Waals surface area (Å²) in [5.41, 5.74) is -0.889. The van der Waals surface area contributed by atoms with E-state index in [0.29, 0.717) is 15.8 Å². The number of anilines is 1. The van der Waals surface area contributed by atoms with Crippen molar-refractivity contribution in [2.24, 2.45) is 0 Å². The van der Waals surface area contributed by atoms with Gasteiger partial charge in [0.1, 0.15) is 11.6 Å². The first-order valence-electron chi connectivity index (χ1n) is 12.3. The van der Waals surface area contributed by atoms with Gasteiger partial charge in [0.2, 0.25) is 0 Å². The maximum absolute atomic E-state index is 13.1. The van der Waals surface area contributed by atoms with Gasteiger partial charge in [-0.2, -0.15) is 0 Å². The number of benzene rings is 1. The Labute approximate surface area is 223 Å². The largest absolute Gasteiger partial charge is 0.476 e. The van der Waals surface area contributed by atoms with E-state index in [1.165, 1.54) is 6.20 Å². The van der Waals surface area contributed by atoms with Gasteiger partial charge in [0, 0.05) is 35.8 Å². The van der Waals surface area contributed by atoms with Crippen LogP contribution in [0.2, 0.25) is 10.0 Å². The molecule has 7 nitrogen and oxygen atoms in total. The number of fused-ring (bicyclic) bond motifs is 2. The molecule has 11 heteroatoms. The molecule has 2 saturated heterocycles. The highest BCUT2D eigenvalue weighted by Crippen LogP contribution is 2.42. The maximum Gasteiger partial charge on any atom is 0.270 e. The van der Waals surface area contributed by atoms with Crippen LogP contribution < -0.4 is 20.3 Å². The Morgan fingerprint density at radius 3 is 2.35 bits per heavy atom. The molecule has 37 heavy (non-hydrogen) atoms. The lowest BCUT2D eigenvalue weighted by atomic mass is 9.96. The number of alkyl halides is 2. The van der Waals surface area contributed by atoms with Crippen LogP contribution >= 0.6 is 23.2 Å². The average molecular weight is 553 g/mol. The second kappa shape index (κ2) is 9.58. The highest BCUT2D eigenvalue weighted by Gasteiger charge is 2.58. The molecule has 1 aromatic heterocycles. The molecule has 3 aliphatic rings. The predicted octanol–water partition coefficient (Wildman–Crippen LogP) is 5.00. The fourth-order valence-corrected chi connectivity index (χ4v) is 5.64. The smallest absolute Gasteiger partial charge is 0.270 e. The molecule has 2 aliphatic heterocycles. The number of ether oxygens (including phenoxy) is 1. The fraction of sp³-hybridized carbons (Fsp3) is 0.500. The van der Waals surface area contributed by atoms with E-state index in [-0.39, 0.29) is 36.0 Å². The number of carbonyl (C=O) groups excluding carboxylic acids is 2. The van der Waals surface area contributed by atoms with Crippen molar-refractivity contribution in [1.29, 1.82) is 0 Å². The Morgan fingerprint density at radius 2 is 1.78 bits per heavy atom. The number of pyridine rings is 1. The van der Waals surface area contributed by atoms with Crippen molar-refractivity contribution in [2.75, 3.05) is 4.90 Å². The molecule has 1 aliphatic carbocycles. The average Bonchev–Trinajstić information content (AvgIpc) is 3.34. The van der Waals surface area contributed by atoms with Crippen molar-refractivity contribution in [3.8, 4) is 5.75 Å². The molecule has 3 heterocycles. The zero-order valence-electron chi connectivity index (χ0n) is 20.4. The lowest BCUT2D eigenvalue weighted by Crippen LogP contribution is -2.55. The lowest BCUT2D eigenvalue weighted by molar-refractivity contribution is -0.135. The number of rotatable bonds is 7. The second-order valence-corrected chi connectivity index (χ2v) is 11.4. The number of nitrogens with zero attached hydrogens (tertiary/aromatic N) is 2. The lowest BCUT2D eigenvalue weighted by Gasteiger charge is -2.40.